The first-order valence-electron chi connectivity index (χ1n) is 9.90. The van der Waals surface area contributed by atoms with Crippen molar-refractivity contribution in [2.75, 3.05) is 20.8 Å². The molecule has 0 aliphatic rings. The molecule has 7 nitrogen and oxygen atoms in total. The fourth-order valence-electron chi connectivity index (χ4n) is 3.66. The van der Waals surface area contributed by atoms with Crippen LogP contribution < -0.4 is 14.0 Å². The number of benzene rings is 2. The van der Waals surface area contributed by atoms with Gasteiger partial charge in [-0.25, -0.2) is 13.9 Å². The molecule has 2 aromatic carbocycles. The van der Waals surface area contributed by atoms with Crippen LogP contribution in [-0.4, -0.2) is 37.1 Å². The Hall–Kier alpha value is -3.35. The standard InChI is InChI=1S/C23H27N2O5/c1-6-24-15(3)25(20-12-16(8-11-19(20)24)23(27)30-7-2)14-21(26)18-10-9-17(28-4)13-22(18)29-5/h8-13H,6-7,14H2,1-5H3/q+1. The van der Waals surface area contributed by atoms with Gasteiger partial charge in [-0.2, -0.15) is 0 Å². The molecule has 3 rings (SSSR count). The van der Waals surface area contributed by atoms with Crippen LogP contribution in [0.5, 0.6) is 11.5 Å². The number of carbonyl (C=O) groups is 2. The lowest BCUT2D eigenvalue weighted by Crippen LogP contribution is -2.35. The number of imidazole rings is 1. The molecule has 0 aliphatic heterocycles. The SMILES string of the molecule is CCOC(=O)c1ccc2c(c1)n(CC(=O)c1ccc(OC)cc1OC)c(C)[n+]2CC. The van der Waals surface area contributed by atoms with Crippen LogP contribution in [0.15, 0.2) is 36.4 Å². The Kier molecular flexibility index (Phi) is 6.40. The highest BCUT2D eigenvalue weighted by molar-refractivity contribution is 5.99. The Morgan fingerprint density at radius 1 is 1.03 bits per heavy atom. The van der Waals surface area contributed by atoms with E-state index in [1.807, 2.05) is 24.5 Å². The summed E-state index contributed by atoms with van der Waals surface area (Å²) in [6, 6.07) is 10.6. The summed E-state index contributed by atoms with van der Waals surface area (Å²) in [5.41, 5.74) is 2.70. The predicted molar refractivity (Wildman–Crippen MR) is 112 cm³/mol. The van der Waals surface area contributed by atoms with Crippen molar-refractivity contribution in [1.82, 2.24) is 4.57 Å². The molecule has 0 bridgehead atoms. The quantitative estimate of drug-likeness (QED) is 0.323. The van der Waals surface area contributed by atoms with E-state index in [1.165, 1.54) is 7.11 Å². The summed E-state index contributed by atoms with van der Waals surface area (Å²) in [4.78, 5) is 25.4. The molecule has 1 heterocycles. The Labute approximate surface area is 175 Å². The van der Waals surface area contributed by atoms with Crippen molar-refractivity contribution < 1.29 is 28.4 Å². The van der Waals surface area contributed by atoms with Crippen molar-refractivity contribution in [1.29, 1.82) is 0 Å². The maximum absolute atomic E-state index is 13.2. The summed E-state index contributed by atoms with van der Waals surface area (Å²) < 4.78 is 19.8. The van der Waals surface area contributed by atoms with E-state index in [-0.39, 0.29) is 18.3 Å². The van der Waals surface area contributed by atoms with Crippen LogP contribution >= 0.6 is 0 Å². The van der Waals surface area contributed by atoms with Crippen molar-refractivity contribution in [2.45, 2.75) is 33.9 Å². The van der Waals surface area contributed by atoms with E-state index in [4.69, 9.17) is 14.2 Å². The lowest BCUT2D eigenvalue weighted by Gasteiger charge is -2.09. The van der Waals surface area contributed by atoms with Crippen LogP contribution in [0.2, 0.25) is 0 Å². The smallest absolute Gasteiger partial charge is 0.338 e. The second kappa shape index (κ2) is 8.98. The van der Waals surface area contributed by atoms with E-state index < -0.39 is 0 Å². The first-order valence-corrected chi connectivity index (χ1v) is 9.90. The Morgan fingerprint density at radius 2 is 1.80 bits per heavy atom. The van der Waals surface area contributed by atoms with Crippen molar-refractivity contribution >= 4 is 22.8 Å². The zero-order chi connectivity index (χ0) is 21.8. The van der Waals surface area contributed by atoms with Gasteiger partial charge in [-0.15, -0.1) is 0 Å². The Morgan fingerprint density at radius 3 is 2.43 bits per heavy atom. The molecule has 0 saturated heterocycles. The number of Topliss-reactive ketones (excluding diaryl/α,β-unsaturated/α-hetero) is 1. The third-order valence-corrected chi connectivity index (χ3v) is 5.18. The summed E-state index contributed by atoms with van der Waals surface area (Å²) in [6.07, 6.45) is 0. The van der Waals surface area contributed by atoms with Gasteiger partial charge in [0.05, 0.1) is 38.5 Å². The molecule has 158 valence electrons. The molecule has 0 spiro atoms. The van der Waals surface area contributed by atoms with E-state index in [0.29, 0.717) is 29.2 Å². The number of ether oxygens (including phenoxy) is 3. The number of hydrogen-bond donors (Lipinski definition) is 0. The molecule has 3 aromatic rings. The number of esters is 1. The van der Waals surface area contributed by atoms with Gasteiger partial charge in [0.1, 0.15) is 11.5 Å². The van der Waals surface area contributed by atoms with Crippen LogP contribution in [0.25, 0.3) is 11.0 Å². The number of carbonyl (C=O) groups excluding carboxylic acids is 2. The molecule has 0 fully saturated rings. The second-order valence-electron chi connectivity index (χ2n) is 6.79. The lowest BCUT2D eigenvalue weighted by molar-refractivity contribution is -0.674. The van der Waals surface area contributed by atoms with Crippen LogP contribution in [-0.2, 0) is 17.8 Å². The van der Waals surface area contributed by atoms with Gasteiger partial charge in [0, 0.05) is 19.1 Å². The molecular weight excluding hydrogens is 384 g/mol. The van der Waals surface area contributed by atoms with Gasteiger partial charge in [0.2, 0.25) is 5.78 Å². The minimum Gasteiger partial charge on any atom is -0.497 e. The summed E-state index contributed by atoms with van der Waals surface area (Å²) >= 11 is 0. The molecule has 0 radical (unpaired) electrons. The first kappa shape index (κ1) is 21.4. The Bertz CT molecular complexity index is 1100. The number of methoxy groups -OCH3 is 2. The normalized spacial score (nSPS) is 10.8. The monoisotopic (exact) mass is 411 g/mol. The molecule has 0 aliphatic carbocycles. The van der Waals surface area contributed by atoms with Gasteiger partial charge in [-0.1, -0.05) is 0 Å². The molecular formula is C23H27N2O5+. The average molecular weight is 411 g/mol. The van der Waals surface area contributed by atoms with Gasteiger partial charge < -0.3 is 14.2 Å². The van der Waals surface area contributed by atoms with Crippen molar-refractivity contribution in [3.05, 3.63) is 53.3 Å². The van der Waals surface area contributed by atoms with Gasteiger partial charge >= 0.3 is 5.97 Å². The maximum Gasteiger partial charge on any atom is 0.338 e. The van der Waals surface area contributed by atoms with Crippen LogP contribution in [0.3, 0.4) is 0 Å². The lowest BCUT2D eigenvalue weighted by atomic mass is 10.1. The van der Waals surface area contributed by atoms with Gasteiger partial charge in [0.15, 0.2) is 17.6 Å². The van der Waals surface area contributed by atoms with Gasteiger partial charge in [-0.05, 0) is 38.1 Å². The summed E-state index contributed by atoms with van der Waals surface area (Å²) in [5.74, 6) is 1.53. The maximum atomic E-state index is 13.2. The van der Waals surface area contributed by atoms with Crippen molar-refractivity contribution in [2.24, 2.45) is 0 Å². The van der Waals surface area contributed by atoms with Crippen LogP contribution in [0, 0.1) is 6.92 Å². The first-order chi connectivity index (χ1) is 14.4. The van der Waals surface area contributed by atoms with Gasteiger partial charge in [-0.3, -0.25) is 4.79 Å². The highest BCUT2D eigenvalue weighted by Crippen LogP contribution is 2.26. The third-order valence-electron chi connectivity index (χ3n) is 5.18. The molecule has 1 aromatic heterocycles. The van der Waals surface area contributed by atoms with E-state index in [9.17, 15) is 9.59 Å². The number of hydrogen-bond acceptors (Lipinski definition) is 5. The molecule has 0 amide bonds. The molecule has 0 unspecified atom stereocenters. The molecule has 30 heavy (non-hydrogen) atoms. The van der Waals surface area contributed by atoms with Crippen LogP contribution in [0.1, 0.15) is 40.4 Å². The number of aryl methyl sites for hydroxylation is 1. The number of ketones is 1. The summed E-state index contributed by atoms with van der Waals surface area (Å²) in [6.45, 7) is 6.95. The molecule has 7 heteroatoms. The van der Waals surface area contributed by atoms with E-state index in [0.717, 1.165) is 23.4 Å². The molecule has 0 saturated carbocycles. The number of fused-ring (bicyclic) bond motifs is 1. The average Bonchev–Trinajstić information content (AvgIpc) is 3.03. The number of nitrogens with zero attached hydrogens (tertiary/aromatic N) is 2. The summed E-state index contributed by atoms with van der Waals surface area (Å²) in [5, 5.41) is 0. The number of aromatic nitrogens is 2. The fourth-order valence-corrected chi connectivity index (χ4v) is 3.66. The van der Waals surface area contributed by atoms with Gasteiger partial charge in [0.25, 0.3) is 5.82 Å². The van der Waals surface area contributed by atoms with Crippen LogP contribution in [0.4, 0.5) is 0 Å². The zero-order valence-electron chi connectivity index (χ0n) is 18.0. The fraction of sp³-hybridized carbons (Fsp3) is 0.348. The highest BCUT2D eigenvalue weighted by atomic mass is 16.5. The van der Waals surface area contributed by atoms with Crippen molar-refractivity contribution in [3.8, 4) is 11.5 Å². The molecule has 0 N–H and O–H groups in total. The van der Waals surface area contributed by atoms with E-state index in [2.05, 4.69) is 4.57 Å². The molecule has 0 atom stereocenters. The third kappa shape index (κ3) is 3.87. The highest BCUT2D eigenvalue weighted by Gasteiger charge is 2.25. The minimum absolute atomic E-state index is 0.0979. The minimum atomic E-state index is -0.379. The number of rotatable bonds is 8. The Balaban J connectivity index is 2.06. The topological polar surface area (TPSA) is 70.6 Å². The second-order valence-corrected chi connectivity index (χ2v) is 6.79. The predicted octanol–water partition coefficient (Wildman–Crippen LogP) is 3.33. The van der Waals surface area contributed by atoms with E-state index in [1.54, 1.807) is 44.4 Å². The van der Waals surface area contributed by atoms with Crippen molar-refractivity contribution in [3.63, 3.8) is 0 Å². The zero-order valence-corrected chi connectivity index (χ0v) is 18.0. The van der Waals surface area contributed by atoms with E-state index >= 15 is 0 Å². The largest absolute Gasteiger partial charge is 0.497 e. The summed E-state index contributed by atoms with van der Waals surface area (Å²) in [7, 11) is 3.09.